The molecule has 2 atom stereocenters. The second-order valence-electron chi connectivity index (χ2n) is 9.02. The molecule has 0 spiro atoms. The van der Waals surface area contributed by atoms with Gasteiger partial charge in [-0.05, 0) is 50.3 Å². The lowest BCUT2D eigenvalue weighted by atomic mass is 9.89. The van der Waals surface area contributed by atoms with Crippen LogP contribution in [-0.4, -0.2) is 44.0 Å². The maximum atomic E-state index is 14.1. The van der Waals surface area contributed by atoms with Crippen molar-refractivity contribution in [2.24, 2.45) is 0 Å². The number of benzene rings is 1. The van der Waals surface area contributed by atoms with Crippen LogP contribution < -0.4 is 5.32 Å². The normalized spacial score (nSPS) is 21.8. The monoisotopic (exact) mass is 463 g/mol. The molecule has 3 heterocycles. The fraction of sp³-hybridized carbons (Fsp3) is 0.478. The minimum atomic E-state index is -4.45. The highest BCUT2D eigenvalue weighted by Gasteiger charge is 2.39. The van der Waals surface area contributed by atoms with Gasteiger partial charge in [0, 0.05) is 37.1 Å². The molecule has 6 nitrogen and oxygen atoms in total. The number of imidazole rings is 1. The molecule has 10 heteroatoms. The number of nitrogens with zero attached hydrogens (tertiary/aromatic N) is 3. The van der Waals surface area contributed by atoms with E-state index in [1.165, 1.54) is 22.9 Å². The van der Waals surface area contributed by atoms with Crippen molar-refractivity contribution in [2.45, 2.75) is 64.0 Å². The molecule has 0 radical (unpaired) electrons. The number of aryl methyl sites for hydroxylation is 1. The van der Waals surface area contributed by atoms with Crippen LogP contribution in [0.1, 0.15) is 53.3 Å². The topological polar surface area (TPSA) is 66.0 Å². The predicted molar refractivity (Wildman–Crippen MR) is 114 cm³/mol. The van der Waals surface area contributed by atoms with Crippen LogP contribution >= 0.6 is 0 Å². The molecular formula is C23H25F4N5O. The summed E-state index contributed by atoms with van der Waals surface area (Å²) in [6, 6.07) is 4.72. The number of nitrogens with one attached hydrogen (secondary N) is 2. The first kappa shape index (κ1) is 21.9. The van der Waals surface area contributed by atoms with Gasteiger partial charge in [-0.2, -0.15) is 13.2 Å². The van der Waals surface area contributed by atoms with Gasteiger partial charge in [-0.1, -0.05) is 6.07 Å². The van der Waals surface area contributed by atoms with Gasteiger partial charge in [0.15, 0.2) is 0 Å². The quantitative estimate of drug-likeness (QED) is 0.567. The molecule has 2 aliphatic rings. The first-order valence-electron chi connectivity index (χ1n) is 11.1. The highest BCUT2D eigenvalue weighted by Crippen LogP contribution is 2.32. The third-order valence-electron chi connectivity index (χ3n) is 6.86. The van der Waals surface area contributed by atoms with E-state index in [-0.39, 0.29) is 30.4 Å². The molecular weight excluding hydrogens is 438 g/mol. The number of hydrogen-bond acceptors (Lipinski definition) is 3. The van der Waals surface area contributed by atoms with Crippen LogP contribution in [0.25, 0.3) is 10.9 Å². The summed E-state index contributed by atoms with van der Waals surface area (Å²) in [4.78, 5) is 21.7. The summed E-state index contributed by atoms with van der Waals surface area (Å²) in [5.41, 5.74) is 2.36. The number of hydrogen-bond donors (Lipinski definition) is 2. The van der Waals surface area contributed by atoms with Crippen LogP contribution in [0.2, 0.25) is 0 Å². The van der Waals surface area contributed by atoms with E-state index in [1.54, 1.807) is 6.07 Å². The number of aromatic amines is 1. The minimum Gasteiger partial charge on any atom is -0.350 e. The van der Waals surface area contributed by atoms with Crippen LogP contribution in [0.15, 0.2) is 24.4 Å². The Morgan fingerprint density at radius 3 is 2.82 bits per heavy atom. The Bertz CT molecular complexity index is 1160. The van der Waals surface area contributed by atoms with E-state index in [2.05, 4.69) is 20.2 Å². The summed E-state index contributed by atoms with van der Waals surface area (Å²) in [5, 5.41) is 3.46. The smallest absolute Gasteiger partial charge is 0.350 e. The summed E-state index contributed by atoms with van der Waals surface area (Å²) < 4.78 is 54.7. The molecule has 2 N–H and O–H groups in total. The van der Waals surface area contributed by atoms with Crippen molar-refractivity contribution in [3.05, 3.63) is 53.0 Å². The minimum absolute atomic E-state index is 0.0498. The summed E-state index contributed by atoms with van der Waals surface area (Å²) >= 11 is 0. The number of rotatable bonds is 3. The van der Waals surface area contributed by atoms with Gasteiger partial charge in [-0.25, -0.2) is 9.37 Å². The summed E-state index contributed by atoms with van der Waals surface area (Å²) in [6.45, 7) is 3.03. The zero-order valence-corrected chi connectivity index (χ0v) is 18.2. The van der Waals surface area contributed by atoms with Gasteiger partial charge in [0.25, 0.3) is 5.91 Å². The Kier molecular flexibility index (Phi) is 5.43. The zero-order valence-electron chi connectivity index (χ0n) is 18.2. The first-order valence-corrected chi connectivity index (χ1v) is 11.1. The molecule has 33 heavy (non-hydrogen) atoms. The van der Waals surface area contributed by atoms with Crippen molar-refractivity contribution in [3.63, 3.8) is 0 Å². The van der Waals surface area contributed by atoms with E-state index < -0.39 is 12.0 Å². The Balaban J connectivity index is 1.25. The molecule has 1 saturated carbocycles. The van der Waals surface area contributed by atoms with Crippen molar-refractivity contribution in [3.8, 4) is 0 Å². The third kappa shape index (κ3) is 4.12. The molecule has 1 aliphatic heterocycles. The van der Waals surface area contributed by atoms with Crippen LogP contribution in [0.3, 0.4) is 0 Å². The van der Waals surface area contributed by atoms with Crippen molar-refractivity contribution in [2.75, 3.05) is 6.54 Å². The van der Waals surface area contributed by atoms with Gasteiger partial charge in [0.1, 0.15) is 11.5 Å². The Hall–Kier alpha value is -2.88. The van der Waals surface area contributed by atoms with E-state index in [0.29, 0.717) is 35.4 Å². The molecule has 2 aromatic heterocycles. The molecule has 1 amide bonds. The number of alkyl halides is 3. The van der Waals surface area contributed by atoms with Crippen molar-refractivity contribution in [1.29, 1.82) is 0 Å². The lowest BCUT2D eigenvalue weighted by Gasteiger charge is -2.40. The van der Waals surface area contributed by atoms with Gasteiger partial charge in [-0.3, -0.25) is 9.69 Å². The highest BCUT2D eigenvalue weighted by molar-refractivity contribution is 5.99. The second kappa shape index (κ2) is 8.16. The first-order chi connectivity index (χ1) is 15.7. The standard InChI is InChI=1S/C23H25F4N5O/c1-13-5-6-18(24)17-10-19(30-20(13)17)21(33)29-14-3-2-4-15(9-14)31-7-8-32-16(12-31)11-28-22(32)23(25,26)27/h5-6,10-11,14-15,30H,2-4,7-9,12H2,1H3,(H,29,33)/t14-,15-/m1/s1. The number of aromatic nitrogens is 3. The van der Waals surface area contributed by atoms with Gasteiger partial charge < -0.3 is 14.9 Å². The molecule has 0 unspecified atom stereocenters. The van der Waals surface area contributed by atoms with Crippen LogP contribution in [0.5, 0.6) is 0 Å². The van der Waals surface area contributed by atoms with Crippen molar-refractivity contribution >= 4 is 16.8 Å². The Morgan fingerprint density at radius 1 is 1.24 bits per heavy atom. The van der Waals surface area contributed by atoms with E-state index in [1.807, 2.05) is 6.92 Å². The number of H-pyrrole nitrogens is 1. The van der Waals surface area contributed by atoms with Gasteiger partial charge in [0.2, 0.25) is 5.82 Å². The number of amides is 1. The van der Waals surface area contributed by atoms with Crippen molar-refractivity contribution < 1.29 is 22.4 Å². The fourth-order valence-corrected chi connectivity index (χ4v) is 5.18. The molecule has 0 bridgehead atoms. The number of carbonyl (C=O) groups excluding carboxylic acids is 1. The van der Waals surface area contributed by atoms with Crippen LogP contribution in [-0.2, 0) is 19.3 Å². The number of halogens is 4. The Labute approximate surface area is 188 Å². The largest absolute Gasteiger partial charge is 0.449 e. The molecule has 1 fully saturated rings. The van der Waals surface area contributed by atoms with E-state index in [9.17, 15) is 22.4 Å². The fourth-order valence-electron chi connectivity index (χ4n) is 5.18. The molecule has 1 aliphatic carbocycles. The third-order valence-corrected chi connectivity index (χ3v) is 6.86. The average Bonchev–Trinajstić information content (AvgIpc) is 3.41. The highest BCUT2D eigenvalue weighted by atomic mass is 19.4. The van der Waals surface area contributed by atoms with Crippen LogP contribution in [0, 0.1) is 12.7 Å². The van der Waals surface area contributed by atoms with E-state index >= 15 is 0 Å². The van der Waals surface area contributed by atoms with E-state index in [0.717, 1.165) is 31.2 Å². The molecule has 176 valence electrons. The summed E-state index contributed by atoms with van der Waals surface area (Å²) in [5.74, 6) is -1.49. The average molecular weight is 463 g/mol. The second-order valence-corrected chi connectivity index (χ2v) is 9.02. The Morgan fingerprint density at radius 2 is 2.06 bits per heavy atom. The number of carbonyl (C=O) groups is 1. The zero-order chi connectivity index (χ0) is 23.3. The van der Waals surface area contributed by atoms with E-state index in [4.69, 9.17) is 0 Å². The molecule has 1 aromatic carbocycles. The summed E-state index contributed by atoms with van der Waals surface area (Å²) in [7, 11) is 0. The summed E-state index contributed by atoms with van der Waals surface area (Å²) in [6.07, 6.45) is 0.265. The molecule has 3 aromatic rings. The molecule has 0 saturated heterocycles. The van der Waals surface area contributed by atoms with Gasteiger partial charge in [-0.15, -0.1) is 0 Å². The van der Waals surface area contributed by atoms with Gasteiger partial charge in [0.05, 0.1) is 17.4 Å². The SMILES string of the molecule is Cc1ccc(F)c2cc(C(=O)N[C@@H]3CCC[C@@H](N4CCn5c(cnc5C(F)(F)F)C4)C3)[nH]c12. The lowest BCUT2D eigenvalue weighted by molar-refractivity contribution is -0.147. The molecule has 5 rings (SSSR count). The van der Waals surface area contributed by atoms with Crippen LogP contribution in [0.4, 0.5) is 17.6 Å². The van der Waals surface area contributed by atoms with Gasteiger partial charge >= 0.3 is 6.18 Å². The maximum absolute atomic E-state index is 14.1. The number of fused-ring (bicyclic) bond motifs is 2. The maximum Gasteiger partial charge on any atom is 0.449 e. The predicted octanol–water partition coefficient (Wildman–Crippen LogP) is 4.39. The van der Waals surface area contributed by atoms with Crippen molar-refractivity contribution in [1.82, 2.24) is 24.8 Å². The lowest BCUT2D eigenvalue weighted by Crippen LogP contribution is -2.48.